The lowest BCUT2D eigenvalue weighted by Gasteiger charge is -2.37. The largest absolute Gasteiger partial charge is 0.465 e. The van der Waals surface area contributed by atoms with Gasteiger partial charge in [0.1, 0.15) is 0 Å². The van der Waals surface area contributed by atoms with E-state index in [-0.39, 0.29) is 5.97 Å². The second kappa shape index (κ2) is 11.5. The summed E-state index contributed by atoms with van der Waals surface area (Å²) in [7, 11) is 0.783. The van der Waals surface area contributed by atoms with Crippen LogP contribution in [0.3, 0.4) is 0 Å². The topological polar surface area (TPSA) is 59.1 Å². The zero-order valence-electron chi connectivity index (χ0n) is 20.5. The smallest absolute Gasteiger partial charge is 0.338 e. The lowest BCUT2D eigenvalue weighted by molar-refractivity contribution is 0.0599. The van der Waals surface area contributed by atoms with Crippen molar-refractivity contribution in [3.05, 3.63) is 53.1 Å². The van der Waals surface area contributed by atoms with E-state index >= 15 is 0 Å². The van der Waals surface area contributed by atoms with Gasteiger partial charge in [-0.1, -0.05) is 24.3 Å². The predicted octanol–water partition coefficient (Wildman–Crippen LogP) is 4.02. The van der Waals surface area contributed by atoms with Crippen LogP contribution in [-0.2, 0) is 26.8 Å². The van der Waals surface area contributed by atoms with E-state index in [1.54, 1.807) is 0 Å². The number of methoxy groups -OCH3 is 1. The molecule has 2 aromatic carbocycles. The Balaban J connectivity index is 1.63. The van der Waals surface area contributed by atoms with Crippen molar-refractivity contribution in [1.82, 2.24) is 4.90 Å². The molecule has 4 rings (SSSR count). The number of carbonyl (C=O) groups is 1. The van der Waals surface area contributed by atoms with E-state index in [0.29, 0.717) is 11.6 Å². The van der Waals surface area contributed by atoms with Gasteiger partial charge in [-0.2, -0.15) is 0 Å². The van der Waals surface area contributed by atoms with E-state index in [2.05, 4.69) is 47.1 Å². The molecule has 7 heteroatoms. The van der Waals surface area contributed by atoms with Crippen LogP contribution in [0.2, 0.25) is 0 Å². The lowest BCUT2D eigenvalue weighted by Crippen LogP contribution is -2.40. The third kappa shape index (κ3) is 5.70. The van der Waals surface area contributed by atoms with Crippen molar-refractivity contribution in [2.75, 3.05) is 56.4 Å². The van der Waals surface area contributed by atoms with Gasteiger partial charge in [0, 0.05) is 73.4 Å². The van der Waals surface area contributed by atoms with Crippen LogP contribution in [0.4, 0.5) is 5.69 Å². The van der Waals surface area contributed by atoms with Crippen molar-refractivity contribution in [2.45, 2.75) is 39.3 Å². The summed E-state index contributed by atoms with van der Waals surface area (Å²) >= 11 is 0. The van der Waals surface area contributed by atoms with Gasteiger partial charge in [0.05, 0.1) is 12.7 Å². The van der Waals surface area contributed by atoms with E-state index in [0.717, 1.165) is 86.1 Å². The Morgan fingerprint density at radius 1 is 1.12 bits per heavy atom. The van der Waals surface area contributed by atoms with E-state index in [4.69, 9.17) is 9.47 Å². The third-order valence-electron chi connectivity index (χ3n) is 7.03. The van der Waals surface area contributed by atoms with Gasteiger partial charge in [-0.05, 0) is 61.1 Å². The minimum Gasteiger partial charge on any atom is -0.465 e. The Labute approximate surface area is 205 Å². The zero-order valence-corrected chi connectivity index (χ0v) is 21.4. The highest BCUT2D eigenvalue weighted by atomic mass is 32.2. The number of anilines is 1. The van der Waals surface area contributed by atoms with Crippen LogP contribution in [0.5, 0.6) is 0 Å². The number of hydrogen-bond acceptors (Lipinski definition) is 6. The molecular weight excluding hydrogens is 448 g/mol. The average molecular weight is 485 g/mol. The highest BCUT2D eigenvalue weighted by Gasteiger charge is 2.25. The summed E-state index contributed by atoms with van der Waals surface area (Å²) in [5.74, 6) is 1.23. The molecule has 0 N–H and O–H groups in total. The number of nitrogens with zero attached hydrogens (tertiary/aromatic N) is 2. The van der Waals surface area contributed by atoms with Crippen LogP contribution in [-0.4, -0.2) is 72.6 Å². The SMILES string of the molecule is CCN(c1cc(-c2ccc(CN3CCS(=O)CC3)cc2)cc(C(=O)OC)c1C)C1CCOCC1. The Bertz CT molecular complexity index is 1010. The molecule has 0 amide bonds. The predicted molar refractivity (Wildman–Crippen MR) is 138 cm³/mol. The van der Waals surface area contributed by atoms with E-state index < -0.39 is 10.8 Å². The van der Waals surface area contributed by atoms with Gasteiger partial charge in [0.2, 0.25) is 0 Å². The first-order valence-electron chi connectivity index (χ1n) is 12.2. The molecule has 2 saturated heterocycles. The van der Waals surface area contributed by atoms with E-state index in [9.17, 15) is 9.00 Å². The molecule has 184 valence electrons. The number of esters is 1. The average Bonchev–Trinajstić information content (AvgIpc) is 2.87. The molecule has 34 heavy (non-hydrogen) atoms. The number of hydrogen-bond donors (Lipinski definition) is 0. The molecule has 2 aliphatic rings. The molecule has 0 unspecified atom stereocenters. The van der Waals surface area contributed by atoms with Gasteiger partial charge in [0.25, 0.3) is 0 Å². The van der Waals surface area contributed by atoms with Crippen molar-refractivity contribution in [2.24, 2.45) is 0 Å². The molecule has 0 saturated carbocycles. The Kier molecular flexibility index (Phi) is 8.40. The fourth-order valence-corrected chi connectivity index (χ4v) is 6.13. The van der Waals surface area contributed by atoms with Crippen molar-refractivity contribution >= 4 is 22.5 Å². The summed E-state index contributed by atoms with van der Waals surface area (Å²) in [5, 5.41) is 0. The second-order valence-electron chi connectivity index (χ2n) is 9.11. The minimum absolute atomic E-state index is 0.303. The van der Waals surface area contributed by atoms with E-state index in [1.807, 2.05) is 13.0 Å². The van der Waals surface area contributed by atoms with Gasteiger partial charge in [-0.25, -0.2) is 4.79 Å². The molecule has 6 nitrogen and oxygen atoms in total. The van der Waals surface area contributed by atoms with Gasteiger partial charge in [0.15, 0.2) is 0 Å². The quantitative estimate of drug-likeness (QED) is 0.554. The van der Waals surface area contributed by atoms with Crippen LogP contribution in [0.1, 0.15) is 41.3 Å². The normalized spacial score (nSPS) is 18.1. The van der Waals surface area contributed by atoms with Crippen LogP contribution in [0.15, 0.2) is 36.4 Å². The highest BCUT2D eigenvalue weighted by molar-refractivity contribution is 7.85. The molecular formula is C27H36N2O4S. The fraction of sp³-hybridized carbons (Fsp3) is 0.519. The van der Waals surface area contributed by atoms with Gasteiger partial charge in [-0.15, -0.1) is 0 Å². The molecule has 2 fully saturated rings. The minimum atomic E-state index is -0.656. The molecule has 2 aromatic rings. The van der Waals surface area contributed by atoms with Crippen molar-refractivity contribution in [3.8, 4) is 11.1 Å². The van der Waals surface area contributed by atoms with Gasteiger partial charge in [-0.3, -0.25) is 9.11 Å². The van der Waals surface area contributed by atoms with Crippen molar-refractivity contribution < 1.29 is 18.5 Å². The first-order valence-corrected chi connectivity index (χ1v) is 13.7. The maximum absolute atomic E-state index is 12.7. The molecule has 0 radical (unpaired) electrons. The van der Waals surface area contributed by atoms with Crippen molar-refractivity contribution in [1.29, 1.82) is 0 Å². The fourth-order valence-electron chi connectivity index (χ4n) is 5.00. The number of rotatable bonds is 7. The summed E-state index contributed by atoms with van der Waals surface area (Å²) in [4.78, 5) is 17.5. The number of benzene rings is 2. The molecule has 2 heterocycles. The summed E-state index contributed by atoms with van der Waals surface area (Å²) in [6.45, 7) is 9.25. The molecule has 0 spiro atoms. The second-order valence-corrected chi connectivity index (χ2v) is 10.8. The Hall–Kier alpha value is -2.22. The molecule has 0 aromatic heterocycles. The maximum atomic E-state index is 12.7. The van der Waals surface area contributed by atoms with Crippen LogP contribution in [0, 0.1) is 6.92 Å². The number of ether oxygens (including phenoxy) is 2. The third-order valence-corrected chi connectivity index (χ3v) is 8.31. The highest BCUT2D eigenvalue weighted by Crippen LogP contribution is 2.34. The first kappa shape index (κ1) is 24.9. The molecule has 0 bridgehead atoms. The van der Waals surface area contributed by atoms with Crippen LogP contribution < -0.4 is 4.90 Å². The zero-order chi connectivity index (χ0) is 24.1. The van der Waals surface area contributed by atoms with Gasteiger partial charge >= 0.3 is 5.97 Å². The standard InChI is InChI=1S/C27H36N2O4S/c1-4-29(24-9-13-33-14-10-24)26-18-23(17-25(20(26)2)27(30)32-3)22-7-5-21(6-8-22)19-28-11-15-34(31)16-12-28/h5-8,17-18,24H,4,9-16,19H2,1-3H3. The van der Waals surface area contributed by atoms with E-state index in [1.165, 1.54) is 12.7 Å². The first-order chi connectivity index (χ1) is 16.5. The summed E-state index contributed by atoms with van der Waals surface area (Å²) in [5.41, 5.74) is 6.02. The number of carbonyl (C=O) groups excluding carboxylic acids is 1. The van der Waals surface area contributed by atoms with Crippen molar-refractivity contribution in [3.63, 3.8) is 0 Å². The molecule has 0 atom stereocenters. The summed E-state index contributed by atoms with van der Waals surface area (Å²) in [6, 6.07) is 13.2. The molecule has 0 aliphatic carbocycles. The molecule has 2 aliphatic heterocycles. The summed E-state index contributed by atoms with van der Waals surface area (Å²) in [6.07, 6.45) is 1.98. The summed E-state index contributed by atoms with van der Waals surface area (Å²) < 4.78 is 22.3. The van der Waals surface area contributed by atoms with Crippen LogP contribution in [0.25, 0.3) is 11.1 Å². The maximum Gasteiger partial charge on any atom is 0.338 e. The van der Waals surface area contributed by atoms with Gasteiger partial charge < -0.3 is 14.4 Å². The Morgan fingerprint density at radius 3 is 2.41 bits per heavy atom. The Morgan fingerprint density at radius 2 is 1.79 bits per heavy atom. The lowest BCUT2D eigenvalue weighted by atomic mass is 9.95. The van der Waals surface area contributed by atoms with Crippen LogP contribution >= 0.6 is 0 Å². The monoisotopic (exact) mass is 484 g/mol.